The fourth-order valence-electron chi connectivity index (χ4n) is 5.73. The molecule has 2 aromatic rings. The number of rotatable bonds is 7. The standard InChI is InChI=1S/C26H31N5O5S/c1-30-19-4-5-21(27-22(19)26(8-9-26)24(30)34)28-23(33)18-3-2-17(29-37(35,36)15-14-32)16-20(18)31-12-10-25(6-7-25)11-13-31/h2-5,16,29,32H,6-15H2,1H3,(H,27,28,33). The molecule has 3 fully saturated rings. The molecule has 3 heterocycles. The second-order valence-electron chi connectivity index (χ2n) is 10.8. The lowest BCUT2D eigenvalue weighted by Gasteiger charge is -2.35. The van der Waals surface area contributed by atoms with E-state index in [2.05, 4.69) is 19.9 Å². The lowest BCUT2D eigenvalue weighted by atomic mass is 9.93. The molecule has 2 spiro atoms. The number of aliphatic hydroxyl groups is 1. The van der Waals surface area contributed by atoms with E-state index < -0.39 is 27.8 Å². The Morgan fingerprint density at radius 2 is 1.78 bits per heavy atom. The highest BCUT2D eigenvalue weighted by molar-refractivity contribution is 7.92. The van der Waals surface area contributed by atoms with Crippen molar-refractivity contribution in [2.75, 3.05) is 52.3 Å². The molecule has 2 saturated carbocycles. The number of piperidine rings is 1. The first-order chi connectivity index (χ1) is 17.7. The number of sulfonamides is 1. The molecule has 0 bridgehead atoms. The molecule has 1 aromatic carbocycles. The summed E-state index contributed by atoms with van der Waals surface area (Å²) in [6, 6.07) is 8.40. The Morgan fingerprint density at radius 1 is 1.05 bits per heavy atom. The van der Waals surface area contributed by atoms with E-state index in [1.807, 2.05) is 6.07 Å². The molecule has 6 rings (SSSR count). The van der Waals surface area contributed by atoms with Crippen LogP contribution in [-0.2, 0) is 20.2 Å². The van der Waals surface area contributed by atoms with Gasteiger partial charge in [0.15, 0.2) is 0 Å². The summed E-state index contributed by atoms with van der Waals surface area (Å²) in [5.41, 5.74) is 2.83. The summed E-state index contributed by atoms with van der Waals surface area (Å²) in [4.78, 5) is 34.6. The summed E-state index contributed by atoms with van der Waals surface area (Å²) < 4.78 is 27.0. The molecule has 37 heavy (non-hydrogen) atoms. The van der Waals surface area contributed by atoms with Crippen molar-refractivity contribution in [2.24, 2.45) is 5.41 Å². The molecular formula is C26H31N5O5S. The Hall–Kier alpha value is -3.18. The second-order valence-corrected chi connectivity index (χ2v) is 12.7. The summed E-state index contributed by atoms with van der Waals surface area (Å²) in [6.45, 7) is 1.11. The van der Waals surface area contributed by atoms with Crippen LogP contribution in [0.2, 0.25) is 0 Å². The number of nitrogens with zero attached hydrogens (tertiary/aromatic N) is 3. The van der Waals surface area contributed by atoms with E-state index in [-0.39, 0.29) is 11.8 Å². The number of anilines is 4. The number of nitrogens with one attached hydrogen (secondary N) is 2. The number of carbonyl (C=O) groups excluding carboxylic acids is 2. The Balaban J connectivity index is 1.28. The fourth-order valence-corrected chi connectivity index (χ4v) is 6.56. The highest BCUT2D eigenvalue weighted by Crippen LogP contribution is 2.56. The van der Waals surface area contributed by atoms with Crippen LogP contribution in [0.4, 0.5) is 22.9 Å². The van der Waals surface area contributed by atoms with Crippen molar-refractivity contribution in [1.82, 2.24) is 4.98 Å². The van der Waals surface area contributed by atoms with Crippen molar-refractivity contribution in [3.63, 3.8) is 0 Å². The monoisotopic (exact) mass is 525 g/mol. The van der Waals surface area contributed by atoms with Gasteiger partial charge in [0.1, 0.15) is 5.82 Å². The minimum atomic E-state index is -3.70. The zero-order valence-corrected chi connectivity index (χ0v) is 21.6. The van der Waals surface area contributed by atoms with Crippen LogP contribution in [0.5, 0.6) is 0 Å². The number of hydrogen-bond acceptors (Lipinski definition) is 7. The maximum Gasteiger partial charge on any atom is 0.258 e. The third-order valence-corrected chi connectivity index (χ3v) is 9.66. The number of hydrogen-bond donors (Lipinski definition) is 3. The predicted molar refractivity (Wildman–Crippen MR) is 141 cm³/mol. The fraction of sp³-hybridized carbons (Fsp3) is 0.500. The van der Waals surface area contributed by atoms with E-state index in [9.17, 15) is 18.0 Å². The van der Waals surface area contributed by atoms with Crippen molar-refractivity contribution >= 4 is 44.7 Å². The van der Waals surface area contributed by atoms with Gasteiger partial charge in [0.05, 0.1) is 46.1 Å². The number of aromatic nitrogens is 1. The van der Waals surface area contributed by atoms with Crippen LogP contribution >= 0.6 is 0 Å². The topological polar surface area (TPSA) is 132 Å². The highest BCUT2D eigenvalue weighted by atomic mass is 32.2. The van der Waals surface area contributed by atoms with Crippen molar-refractivity contribution < 1.29 is 23.1 Å². The van der Waals surface area contributed by atoms with Gasteiger partial charge in [-0.1, -0.05) is 0 Å². The third kappa shape index (κ3) is 4.23. The average Bonchev–Trinajstić information content (AvgIpc) is 3.79. The van der Waals surface area contributed by atoms with E-state index in [0.29, 0.717) is 28.2 Å². The third-order valence-electron chi connectivity index (χ3n) is 8.39. The molecule has 196 valence electrons. The minimum absolute atomic E-state index is 0.0542. The molecule has 2 aliphatic carbocycles. The van der Waals surface area contributed by atoms with Crippen LogP contribution in [-0.4, -0.2) is 62.8 Å². The lowest BCUT2D eigenvalue weighted by Crippen LogP contribution is -2.35. The van der Waals surface area contributed by atoms with Crippen LogP contribution in [0, 0.1) is 5.41 Å². The van der Waals surface area contributed by atoms with Crippen molar-refractivity contribution in [1.29, 1.82) is 0 Å². The van der Waals surface area contributed by atoms with Crippen molar-refractivity contribution in [2.45, 2.75) is 43.9 Å². The minimum Gasteiger partial charge on any atom is -0.395 e. The second kappa shape index (κ2) is 8.42. The molecule has 0 radical (unpaired) electrons. The molecular weight excluding hydrogens is 494 g/mol. The van der Waals surface area contributed by atoms with E-state index in [4.69, 9.17) is 5.11 Å². The van der Waals surface area contributed by atoms with Gasteiger partial charge in [-0.2, -0.15) is 0 Å². The van der Waals surface area contributed by atoms with Crippen LogP contribution < -0.4 is 19.8 Å². The highest BCUT2D eigenvalue weighted by Gasteiger charge is 2.59. The van der Waals surface area contributed by atoms with Gasteiger partial charge in [0.25, 0.3) is 5.91 Å². The van der Waals surface area contributed by atoms with Crippen molar-refractivity contribution in [3.8, 4) is 0 Å². The molecule has 1 saturated heterocycles. The van der Waals surface area contributed by atoms with E-state index in [1.54, 1.807) is 36.2 Å². The van der Waals surface area contributed by atoms with Gasteiger partial charge in [0.2, 0.25) is 15.9 Å². The van der Waals surface area contributed by atoms with Crippen LogP contribution in [0.3, 0.4) is 0 Å². The molecule has 3 N–H and O–H groups in total. The first kappa shape index (κ1) is 24.2. The molecule has 4 aliphatic rings. The summed E-state index contributed by atoms with van der Waals surface area (Å²) in [5, 5.41) is 12.0. The molecule has 11 heteroatoms. The Kier molecular flexibility index (Phi) is 5.50. The number of pyridine rings is 1. The van der Waals surface area contributed by atoms with Gasteiger partial charge in [-0.05, 0) is 74.3 Å². The maximum atomic E-state index is 13.5. The van der Waals surface area contributed by atoms with E-state index in [1.165, 1.54) is 12.8 Å². The summed E-state index contributed by atoms with van der Waals surface area (Å²) in [5.74, 6) is -0.313. The Labute approximate surface area is 216 Å². The number of fused-ring (bicyclic) bond motifs is 2. The van der Waals surface area contributed by atoms with Gasteiger partial charge in [-0.15, -0.1) is 0 Å². The number of likely N-dealkylation sites (N-methyl/N-ethyl adjacent to an activating group) is 1. The Morgan fingerprint density at radius 3 is 2.43 bits per heavy atom. The van der Waals surface area contributed by atoms with Crippen LogP contribution in [0.1, 0.15) is 54.6 Å². The number of amides is 2. The van der Waals surface area contributed by atoms with E-state index in [0.717, 1.165) is 50.2 Å². The number of carbonyl (C=O) groups is 2. The Bertz CT molecular complexity index is 1390. The predicted octanol–water partition coefficient (Wildman–Crippen LogP) is 2.46. The molecule has 0 unspecified atom stereocenters. The van der Waals surface area contributed by atoms with E-state index >= 15 is 0 Å². The van der Waals surface area contributed by atoms with Gasteiger partial charge in [-0.25, -0.2) is 13.4 Å². The first-order valence-corrected chi connectivity index (χ1v) is 14.4. The summed E-state index contributed by atoms with van der Waals surface area (Å²) in [6.07, 6.45) is 6.12. The van der Waals surface area contributed by atoms with Gasteiger partial charge in [-0.3, -0.25) is 14.3 Å². The largest absolute Gasteiger partial charge is 0.395 e. The molecule has 2 amide bonds. The smallest absolute Gasteiger partial charge is 0.258 e. The lowest BCUT2D eigenvalue weighted by molar-refractivity contribution is -0.120. The van der Waals surface area contributed by atoms with Gasteiger partial charge in [0, 0.05) is 20.1 Å². The molecule has 10 nitrogen and oxygen atoms in total. The number of benzene rings is 1. The molecule has 0 atom stereocenters. The summed E-state index contributed by atoms with van der Waals surface area (Å²) in [7, 11) is -1.95. The zero-order chi connectivity index (χ0) is 26.0. The zero-order valence-electron chi connectivity index (χ0n) is 20.8. The quantitative estimate of drug-likeness (QED) is 0.506. The average molecular weight is 526 g/mol. The summed E-state index contributed by atoms with van der Waals surface area (Å²) >= 11 is 0. The maximum absolute atomic E-state index is 13.5. The molecule has 1 aromatic heterocycles. The SMILES string of the molecule is CN1C(=O)C2(CC2)c2nc(NC(=O)c3ccc(NS(=O)(=O)CCO)cc3N3CCC4(CC3)CC4)ccc21. The van der Waals surface area contributed by atoms with Gasteiger partial charge < -0.3 is 20.2 Å². The first-order valence-electron chi connectivity index (χ1n) is 12.8. The van der Waals surface area contributed by atoms with Crippen molar-refractivity contribution in [3.05, 3.63) is 41.6 Å². The number of aliphatic hydroxyl groups excluding tert-OH is 1. The van der Waals surface area contributed by atoms with Crippen LogP contribution in [0.25, 0.3) is 0 Å². The normalized spacial score (nSPS) is 20.8. The molecule has 2 aliphatic heterocycles. The van der Waals surface area contributed by atoms with Crippen LogP contribution in [0.15, 0.2) is 30.3 Å². The van der Waals surface area contributed by atoms with Gasteiger partial charge >= 0.3 is 0 Å².